The smallest absolute Gasteiger partial charge is 0.223 e. The second-order valence-corrected chi connectivity index (χ2v) is 6.48. The summed E-state index contributed by atoms with van der Waals surface area (Å²) in [6.45, 7) is 8.69. The summed E-state index contributed by atoms with van der Waals surface area (Å²) < 4.78 is 5.34. The van der Waals surface area contributed by atoms with Crippen molar-refractivity contribution in [2.75, 3.05) is 32.8 Å². The van der Waals surface area contributed by atoms with E-state index in [1.165, 1.54) is 0 Å². The molecule has 1 saturated carbocycles. The van der Waals surface area contributed by atoms with Gasteiger partial charge in [-0.05, 0) is 32.1 Å². The molecule has 1 aliphatic carbocycles. The third kappa shape index (κ3) is 4.43. The summed E-state index contributed by atoms with van der Waals surface area (Å²) in [6.07, 6.45) is 2.87. The summed E-state index contributed by atoms with van der Waals surface area (Å²) in [6, 6.07) is 0.475. The topological polar surface area (TPSA) is 67.6 Å². The van der Waals surface area contributed by atoms with E-state index in [0.717, 1.165) is 52.1 Å². The van der Waals surface area contributed by atoms with E-state index in [0.29, 0.717) is 5.92 Å². The lowest BCUT2D eigenvalue weighted by Gasteiger charge is -2.33. The van der Waals surface area contributed by atoms with Gasteiger partial charge in [0.2, 0.25) is 5.91 Å². The lowest BCUT2D eigenvalue weighted by Crippen LogP contribution is -2.49. The Morgan fingerprint density at radius 2 is 2.10 bits per heavy atom. The molecule has 116 valence electrons. The number of amides is 1. The molecule has 0 bridgehead atoms. The predicted octanol–water partition coefficient (Wildman–Crippen LogP) is 0.587. The molecule has 1 heterocycles. The number of morpholine rings is 1. The molecule has 0 radical (unpaired) electrons. The molecule has 0 spiro atoms. The first-order valence-corrected chi connectivity index (χ1v) is 7.92. The van der Waals surface area contributed by atoms with Gasteiger partial charge in [-0.3, -0.25) is 9.69 Å². The molecule has 4 atom stereocenters. The van der Waals surface area contributed by atoms with Crippen LogP contribution in [0.5, 0.6) is 0 Å². The van der Waals surface area contributed by atoms with Gasteiger partial charge in [-0.2, -0.15) is 0 Å². The van der Waals surface area contributed by atoms with Crippen LogP contribution in [-0.2, 0) is 9.53 Å². The largest absolute Gasteiger partial charge is 0.379 e. The molecule has 2 rings (SSSR count). The van der Waals surface area contributed by atoms with Crippen molar-refractivity contribution in [3.05, 3.63) is 0 Å². The van der Waals surface area contributed by atoms with Crippen LogP contribution in [0, 0.1) is 11.8 Å². The number of nitrogens with one attached hydrogen (secondary N) is 1. The van der Waals surface area contributed by atoms with Crippen LogP contribution >= 0.6 is 0 Å². The molecule has 3 N–H and O–H groups in total. The molecule has 4 unspecified atom stereocenters. The second-order valence-electron chi connectivity index (χ2n) is 6.48. The highest BCUT2D eigenvalue weighted by molar-refractivity contribution is 5.79. The normalized spacial score (nSPS) is 33.6. The van der Waals surface area contributed by atoms with Crippen LogP contribution in [0.2, 0.25) is 0 Å². The van der Waals surface area contributed by atoms with E-state index in [-0.39, 0.29) is 23.9 Å². The highest BCUT2D eigenvalue weighted by Crippen LogP contribution is 2.29. The van der Waals surface area contributed by atoms with Crippen molar-refractivity contribution in [2.45, 2.75) is 45.2 Å². The molecular formula is C15H29N3O2. The minimum atomic E-state index is 0.141. The number of hydrogen-bond donors (Lipinski definition) is 2. The molecule has 2 fully saturated rings. The maximum absolute atomic E-state index is 12.4. The van der Waals surface area contributed by atoms with Gasteiger partial charge in [0.05, 0.1) is 13.2 Å². The fraction of sp³-hybridized carbons (Fsp3) is 0.933. The van der Waals surface area contributed by atoms with E-state index in [4.69, 9.17) is 10.5 Å². The monoisotopic (exact) mass is 283 g/mol. The number of carbonyl (C=O) groups excluding carboxylic acids is 1. The van der Waals surface area contributed by atoms with Crippen molar-refractivity contribution >= 4 is 5.91 Å². The molecule has 0 aromatic carbocycles. The van der Waals surface area contributed by atoms with Gasteiger partial charge in [0.25, 0.3) is 0 Å². The molecular weight excluding hydrogens is 254 g/mol. The maximum Gasteiger partial charge on any atom is 0.223 e. The predicted molar refractivity (Wildman–Crippen MR) is 79.3 cm³/mol. The van der Waals surface area contributed by atoms with Crippen LogP contribution in [0.15, 0.2) is 0 Å². The number of rotatable bonds is 4. The highest BCUT2D eigenvalue weighted by Gasteiger charge is 2.31. The number of nitrogens with zero attached hydrogens (tertiary/aromatic N) is 1. The van der Waals surface area contributed by atoms with E-state index in [2.05, 4.69) is 24.1 Å². The van der Waals surface area contributed by atoms with E-state index in [9.17, 15) is 4.79 Å². The summed E-state index contributed by atoms with van der Waals surface area (Å²) >= 11 is 0. The lowest BCUT2D eigenvalue weighted by molar-refractivity contribution is -0.128. The molecule has 2 aliphatic rings. The summed E-state index contributed by atoms with van der Waals surface area (Å²) in [7, 11) is 0. The van der Waals surface area contributed by atoms with Gasteiger partial charge in [-0.15, -0.1) is 0 Å². The zero-order valence-corrected chi connectivity index (χ0v) is 12.8. The first-order chi connectivity index (χ1) is 9.56. The quantitative estimate of drug-likeness (QED) is 0.792. The minimum Gasteiger partial charge on any atom is -0.379 e. The number of nitrogens with two attached hydrogens (primary N) is 1. The number of carbonyl (C=O) groups is 1. The Bertz CT molecular complexity index is 318. The van der Waals surface area contributed by atoms with Crippen molar-refractivity contribution in [3.8, 4) is 0 Å². The number of ether oxygens (including phenoxy) is 1. The Morgan fingerprint density at radius 3 is 2.75 bits per heavy atom. The Kier molecular flexibility index (Phi) is 5.81. The van der Waals surface area contributed by atoms with Gasteiger partial charge in [0, 0.05) is 37.6 Å². The van der Waals surface area contributed by atoms with Crippen LogP contribution in [0.1, 0.15) is 33.1 Å². The fourth-order valence-electron chi connectivity index (χ4n) is 3.39. The molecule has 1 amide bonds. The van der Waals surface area contributed by atoms with Gasteiger partial charge in [-0.25, -0.2) is 0 Å². The lowest BCUT2D eigenvalue weighted by atomic mass is 9.77. The fourth-order valence-corrected chi connectivity index (χ4v) is 3.39. The van der Waals surface area contributed by atoms with E-state index >= 15 is 0 Å². The number of hydrogen-bond acceptors (Lipinski definition) is 4. The van der Waals surface area contributed by atoms with E-state index < -0.39 is 0 Å². The van der Waals surface area contributed by atoms with Gasteiger partial charge in [0.1, 0.15) is 0 Å². The van der Waals surface area contributed by atoms with Crippen molar-refractivity contribution in [2.24, 2.45) is 17.6 Å². The van der Waals surface area contributed by atoms with Crippen LogP contribution in [0.25, 0.3) is 0 Å². The summed E-state index contributed by atoms with van der Waals surface area (Å²) in [5, 5.41) is 3.18. The first kappa shape index (κ1) is 15.7. The van der Waals surface area contributed by atoms with Crippen molar-refractivity contribution < 1.29 is 9.53 Å². The Balaban J connectivity index is 1.75. The molecule has 5 heteroatoms. The van der Waals surface area contributed by atoms with Crippen molar-refractivity contribution in [1.82, 2.24) is 10.2 Å². The third-order valence-electron chi connectivity index (χ3n) is 4.57. The Morgan fingerprint density at radius 1 is 1.40 bits per heavy atom. The molecule has 0 aromatic rings. The van der Waals surface area contributed by atoms with Crippen LogP contribution in [0.4, 0.5) is 0 Å². The minimum absolute atomic E-state index is 0.141. The molecule has 0 aromatic heterocycles. The molecule has 5 nitrogen and oxygen atoms in total. The van der Waals surface area contributed by atoms with Gasteiger partial charge >= 0.3 is 0 Å². The summed E-state index contributed by atoms with van der Waals surface area (Å²) in [5.41, 5.74) is 5.96. The van der Waals surface area contributed by atoms with Gasteiger partial charge in [0.15, 0.2) is 0 Å². The SMILES string of the molecule is CC(CN1CCOCC1)NC(=O)C1CCC(N)CC1C. The second kappa shape index (κ2) is 7.38. The van der Waals surface area contributed by atoms with Crippen molar-refractivity contribution in [1.29, 1.82) is 0 Å². The third-order valence-corrected chi connectivity index (χ3v) is 4.57. The molecule has 20 heavy (non-hydrogen) atoms. The van der Waals surface area contributed by atoms with E-state index in [1.54, 1.807) is 0 Å². The highest BCUT2D eigenvalue weighted by atomic mass is 16.5. The van der Waals surface area contributed by atoms with Crippen LogP contribution < -0.4 is 11.1 Å². The van der Waals surface area contributed by atoms with Gasteiger partial charge < -0.3 is 15.8 Å². The Hall–Kier alpha value is -0.650. The zero-order chi connectivity index (χ0) is 14.5. The van der Waals surface area contributed by atoms with Crippen LogP contribution in [0.3, 0.4) is 0 Å². The Labute approximate surface area is 122 Å². The average Bonchev–Trinajstić information content (AvgIpc) is 2.39. The molecule has 1 aliphatic heterocycles. The van der Waals surface area contributed by atoms with Gasteiger partial charge in [-0.1, -0.05) is 6.92 Å². The van der Waals surface area contributed by atoms with Crippen molar-refractivity contribution in [3.63, 3.8) is 0 Å². The molecule has 1 saturated heterocycles. The standard InChI is InChI=1S/C15H29N3O2/c1-11-9-13(16)3-4-14(11)15(19)17-12(2)10-18-5-7-20-8-6-18/h11-14H,3-10,16H2,1-2H3,(H,17,19). The maximum atomic E-state index is 12.4. The zero-order valence-electron chi connectivity index (χ0n) is 12.8. The first-order valence-electron chi connectivity index (χ1n) is 7.92. The van der Waals surface area contributed by atoms with E-state index in [1.807, 2.05) is 0 Å². The average molecular weight is 283 g/mol. The summed E-state index contributed by atoms with van der Waals surface area (Å²) in [4.78, 5) is 14.7. The summed E-state index contributed by atoms with van der Waals surface area (Å²) in [5.74, 6) is 0.751. The van der Waals surface area contributed by atoms with Crippen LogP contribution in [-0.4, -0.2) is 55.7 Å².